The molecule has 4 N–H and O–H groups in total. The van der Waals surface area contributed by atoms with Crippen molar-refractivity contribution >= 4 is 11.9 Å². The van der Waals surface area contributed by atoms with Gasteiger partial charge in [0.15, 0.2) is 0 Å². The van der Waals surface area contributed by atoms with Crippen LogP contribution in [0.5, 0.6) is 0 Å². The van der Waals surface area contributed by atoms with Gasteiger partial charge in [0, 0.05) is 6.04 Å². The van der Waals surface area contributed by atoms with Crippen LogP contribution in [0.1, 0.15) is 12.8 Å². The minimum atomic E-state index is -0.959. The van der Waals surface area contributed by atoms with Crippen molar-refractivity contribution in [3.63, 3.8) is 0 Å². The SMILES string of the molecule is NC1C2C3CCC(C(C(=O)O)C3C(=O)O)C12. The minimum absolute atomic E-state index is 0.0106. The Hall–Kier alpha value is -1.10. The predicted octanol–water partition coefficient (Wildman–Crippen LogP) is 0.00110. The van der Waals surface area contributed by atoms with Gasteiger partial charge in [-0.05, 0) is 36.5 Å². The van der Waals surface area contributed by atoms with E-state index in [1.165, 1.54) is 0 Å². The molecule has 4 aliphatic rings. The Morgan fingerprint density at radius 2 is 1.31 bits per heavy atom. The third kappa shape index (κ3) is 1.04. The molecule has 4 aliphatic carbocycles. The summed E-state index contributed by atoms with van der Waals surface area (Å²) in [5.74, 6) is -2.82. The van der Waals surface area contributed by atoms with E-state index >= 15 is 0 Å². The summed E-state index contributed by atoms with van der Waals surface area (Å²) in [5.41, 5.74) is 5.93. The van der Waals surface area contributed by atoms with E-state index in [-0.39, 0.29) is 29.7 Å². The molecular formula is C11H15NO4. The molecule has 4 saturated carbocycles. The molecule has 0 aliphatic heterocycles. The quantitative estimate of drug-likeness (QED) is 0.614. The maximum absolute atomic E-state index is 11.2. The summed E-state index contributed by atoms with van der Waals surface area (Å²) in [4.78, 5) is 22.5. The van der Waals surface area contributed by atoms with E-state index in [0.717, 1.165) is 12.8 Å². The van der Waals surface area contributed by atoms with Crippen LogP contribution < -0.4 is 5.73 Å². The first-order valence-corrected chi connectivity index (χ1v) is 5.75. The lowest BCUT2D eigenvalue weighted by Crippen LogP contribution is -2.48. The Morgan fingerprint density at radius 1 is 0.938 bits per heavy atom. The molecule has 0 spiro atoms. The summed E-state index contributed by atoms with van der Waals surface area (Å²) >= 11 is 0. The average Bonchev–Trinajstić information content (AvgIpc) is 2.92. The van der Waals surface area contributed by atoms with Gasteiger partial charge in [0.25, 0.3) is 0 Å². The molecule has 0 amide bonds. The largest absolute Gasteiger partial charge is 0.481 e. The highest BCUT2D eigenvalue weighted by Gasteiger charge is 2.69. The van der Waals surface area contributed by atoms with Crippen molar-refractivity contribution in [3.05, 3.63) is 0 Å². The van der Waals surface area contributed by atoms with Crippen molar-refractivity contribution in [3.8, 4) is 0 Å². The molecule has 5 heteroatoms. The van der Waals surface area contributed by atoms with Crippen LogP contribution >= 0.6 is 0 Å². The van der Waals surface area contributed by atoms with Crippen molar-refractivity contribution in [2.45, 2.75) is 18.9 Å². The third-order valence-electron chi connectivity index (χ3n) is 4.89. The van der Waals surface area contributed by atoms with Gasteiger partial charge in [0.2, 0.25) is 0 Å². The average molecular weight is 225 g/mol. The molecule has 2 bridgehead atoms. The van der Waals surface area contributed by atoms with E-state index in [0.29, 0.717) is 0 Å². The van der Waals surface area contributed by atoms with Crippen molar-refractivity contribution in [2.75, 3.05) is 0 Å². The lowest BCUT2D eigenvalue weighted by molar-refractivity contribution is -0.166. The van der Waals surface area contributed by atoms with Gasteiger partial charge in [-0.3, -0.25) is 9.59 Å². The van der Waals surface area contributed by atoms with Crippen LogP contribution in [0.4, 0.5) is 0 Å². The summed E-state index contributed by atoms with van der Waals surface area (Å²) < 4.78 is 0. The topological polar surface area (TPSA) is 101 Å². The van der Waals surface area contributed by atoms with Gasteiger partial charge in [-0.1, -0.05) is 0 Å². The summed E-state index contributed by atoms with van der Waals surface area (Å²) in [7, 11) is 0. The number of carboxylic acids is 2. The highest BCUT2D eigenvalue weighted by molar-refractivity contribution is 5.81. The Labute approximate surface area is 92.6 Å². The number of fused-ring (bicyclic) bond motifs is 2. The first-order chi connectivity index (χ1) is 7.54. The number of carbonyl (C=O) groups is 2. The molecule has 4 rings (SSSR count). The zero-order chi connectivity index (χ0) is 11.6. The summed E-state index contributed by atoms with van der Waals surface area (Å²) in [6.07, 6.45) is 1.67. The maximum Gasteiger partial charge on any atom is 0.307 e. The zero-order valence-corrected chi connectivity index (χ0v) is 8.74. The predicted molar refractivity (Wildman–Crippen MR) is 53.4 cm³/mol. The molecule has 88 valence electrons. The van der Waals surface area contributed by atoms with E-state index in [9.17, 15) is 19.8 Å². The number of carboxylic acid groups (broad SMARTS) is 2. The van der Waals surface area contributed by atoms with Crippen LogP contribution in [-0.2, 0) is 9.59 Å². The molecule has 4 fully saturated rings. The zero-order valence-electron chi connectivity index (χ0n) is 8.74. The van der Waals surface area contributed by atoms with Gasteiger partial charge >= 0.3 is 11.9 Å². The Morgan fingerprint density at radius 3 is 1.62 bits per heavy atom. The standard InChI is InChI=1S/C11H15NO4/c12-9-5-3-1-2-4(6(5)9)8(11(15)16)7(3)10(13)14/h3-9H,1-2,12H2,(H,13,14)(H,15,16). The van der Waals surface area contributed by atoms with E-state index in [2.05, 4.69) is 0 Å². The van der Waals surface area contributed by atoms with Crippen LogP contribution in [0, 0.1) is 35.5 Å². The fourth-order valence-electron chi connectivity index (χ4n) is 4.34. The molecular weight excluding hydrogens is 210 g/mol. The molecule has 0 aromatic rings. The van der Waals surface area contributed by atoms with Crippen LogP contribution in [0.3, 0.4) is 0 Å². The van der Waals surface area contributed by atoms with E-state index < -0.39 is 23.8 Å². The molecule has 6 unspecified atom stereocenters. The van der Waals surface area contributed by atoms with Crippen LogP contribution in [-0.4, -0.2) is 28.2 Å². The molecule has 6 atom stereocenters. The van der Waals surface area contributed by atoms with E-state index in [1.807, 2.05) is 0 Å². The fourth-order valence-corrected chi connectivity index (χ4v) is 4.34. The van der Waals surface area contributed by atoms with Gasteiger partial charge < -0.3 is 15.9 Å². The van der Waals surface area contributed by atoms with E-state index in [1.54, 1.807) is 0 Å². The Kier molecular flexibility index (Phi) is 1.87. The number of aliphatic carboxylic acids is 2. The summed E-state index contributed by atoms with van der Waals surface area (Å²) in [6.45, 7) is 0. The number of hydrogen-bond acceptors (Lipinski definition) is 3. The molecule has 0 heterocycles. The highest BCUT2D eigenvalue weighted by Crippen LogP contribution is 2.65. The number of hydrogen-bond donors (Lipinski definition) is 3. The fraction of sp³-hybridized carbons (Fsp3) is 0.818. The second-order valence-electron chi connectivity index (χ2n) is 5.37. The van der Waals surface area contributed by atoms with Gasteiger partial charge in [-0.25, -0.2) is 0 Å². The van der Waals surface area contributed by atoms with Gasteiger partial charge in [0.1, 0.15) is 0 Å². The van der Waals surface area contributed by atoms with Crippen molar-refractivity contribution < 1.29 is 19.8 Å². The lowest BCUT2D eigenvalue weighted by Gasteiger charge is -2.44. The third-order valence-corrected chi connectivity index (χ3v) is 4.89. The first-order valence-electron chi connectivity index (χ1n) is 5.75. The first kappa shape index (κ1) is 10.1. The van der Waals surface area contributed by atoms with Crippen LogP contribution in [0.25, 0.3) is 0 Å². The number of nitrogens with two attached hydrogens (primary N) is 1. The second kappa shape index (κ2) is 2.97. The second-order valence-corrected chi connectivity index (χ2v) is 5.37. The van der Waals surface area contributed by atoms with Crippen LogP contribution in [0.2, 0.25) is 0 Å². The van der Waals surface area contributed by atoms with Crippen molar-refractivity contribution in [2.24, 2.45) is 41.2 Å². The smallest absolute Gasteiger partial charge is 0.307 e. The Balaban J connectivity index is 1.98. The molecule has 0 aromatic heterocycles. The molecule has 0 saturated heterocycles. The maximum atomic E-state index is 11.2. The minimum Gasteiger partial charge on any atom is -0.481 e. The molecule has 5 nitrogen and oxygen atoms in total. The van der Waals surface area contributed by atoms with E-state index in [4.69, 9.17) is 5.73 Å². The molecule has 0 aromatic carbocycles. The monoisotopic (exact) mass is 225 g/mol. The van der Waals surface area contributed by atoms with Gasteiger partial charge in [0.05, 0.1) is 11.8 Å². The summed E-state index contributed by atoms with van der Waals surface area (Å²) in [6, 6.07) is 0.0451. The van der Waals surface area contributed by atoms with Crippen LogP contribution in [0.15, 0.2) is 0 Å². The lowest BCUT2D eigenvalue weighted by atomic mass is 9.58. The summed E-state index contributed by atoms with van der Waals surface area (Å²) in [5, 5.41) is 18.4. The molecule has 16 heavy (non-hydrogen) atoms. The Bertz CT molecular complexity index is 335. The normalized spacial score (nSPS) is 53.2. The van der Waals surface area contributed by atoms with Crippen molar-refractivity contribution in [1.29, 1.82) is 0 Å². The van der Waals surface area contributed by atoms with Crippen molar-refractivity contribution in [1.82, 2.24) is 0 Å². The highest BCUT2D eigenvalue weighted by atomic mass is 16.4. The van der Waals surface area contributed by atoms with Gasteiger partial charge in [-0.2, -0.15) is 0 Å². The van der Waals surface area contributed by atoms with Gasteiger partial charge in [-0.15, -0.1) is 0 Å². The number of rotatable bonds is 2. The molecule has 0 radical (unpaired) electrons.